The highest BCUT2D eigenvalue weighted by Gasteiger charge is 2.33. The Kier molecular flexibility index (Phi) is 4.60. The summed E-state index contributed by atoms with van der Waals surface area (Å²) >= 11 is 0. The molecule has 2 nitrogen and oxygen atoms in total. The van der Waals surface area contributed by atoms with Gasteiger partial charge in [0.2, 0.25) is 0 Å². The Labute approximate surface area is 95.4 Å². The molecule has 1 aliphatic heterocycles. The van der Waals surface area contributed by atoms with Gasteiger partial charge in [-0.3, -0.25) is 4.90 Å². The molecule has 1 saturated heterocycles. The van der Waals surface area contributed by atoms with Gasteiger partial charge in [0, 0.05) is 30.7 Å². The summed E-state index contributed by atoms with van der Waals surface area (Å²) in [6.45, 7) is 14.0. The van der Waals surface area contributed by atoms with E-state index in [-0.39, 0.29) is 0 Å². The molecule has 0 radical (unpaired) electrons. The van der Waals surface area contributed by atoms with Gasteiger partial charge in [-0.05, 0) is 33.6 Å². The van der Waals surface area contributed by atoms with Crippen LogP contribution in [-0.4, -0.2) is 35.6 Å². The molecule has 90 valence electrons. The third-order valence-electron chi connectivity index (χ3n) is 3.93. The van der Waals surface area contributed by atoms with E-state index in [1.165, 1.54) is 25.8 Å². The van der Waals surface area contributed by atoms with Gasteiger partial charge in [0.15, 0.2) is 0 Å². The third kappa shape index (κ3) is 3.18. The predicted octanol–water partition coefficient (Wildman–Crippen LogP) is 2.64. The van der Waals surface area contributed by atoms with Crippen LogP contribution in [0.4, 0.5) is 0 Å². The standard InChI is InChI=1S/C13H28N2/c1-6-8-12-10-15(11(3)9-14-12)13(4,5)7-2/h11-12,14H,6-10H2,1-5H3. The normalized spacial score (nSPS) is 29.4. The van der Waals surface area contributed by atoms with Crippen molar-refractivity contribution >= 4 is 0 Å². The minimum atomic E-state index is 0.355. The Morgan fingerprint density at radius 2 is 2.00 bits per heavy atom. The first kappa shape index (κ1) is 13.0. The summed E-state index contributed by atoms with van der Waals surface area (Å²) in [7, 11) is 0. The summed E-state index contributed by atoms with van der Waals surface area (Å²) in [6.07, 6.45) is 3.83. The van der Waals surface area contributed by atoms with Crippen LogP contribution in [0, 0.1) is 0 Å². The summed E-state index contributed by atoms with van der Waals surface area (Å²) in [5, 5.41) is 3.65. The van der Waals surface area contributed by atoms with E-state index in [1.54, 1.807) is 0 Å². The molecule has 1 rings (SSSR count). The molecule has 0 saturated carbocycles. The maximum atomic E-state index is 3.65. The zero-order valence-corrected chi connectivity index (χ0v) is 11.1. The van der Waals surface area contributed by atoms with Gasteiger partial charge in [-0.15, -0.1) is 0 Å². The predicted molar refractivity (Wildman–Crippen MR) is 67.2 cm³/mol. The summed E-state index contributed by atoms with van der Waals surface area (Å²) in [5.41, 5.74) is 0.355. The van der Waals surface area contributed by atoms with Crippen LogP contribution in [0.1, 0.15) is 53.9 Å². The van der Waals surface area contributed by atoms with Gasteiger partial charge in [0.25, 0.3) is 0 Å². The van der Waals surface area contributed by atoms with E-state index in [2.05, 4.69) is 44.8 Å². The summed E-state index contributed by atoms with van der Waals surface area (Å²) in [4.78, 5) is 2.68. The fraction of sp³-hybridized carbons (Fsp3) is 1.00. The van der Waals surface area contributed by atoms with Crippen molar-refractivity contribution in [2.75, 3.05) is 13.1 Å². The Bertz CT molecular complexity index is 189. The average Bonchev–Trinajstić information content (AvgIpc) is 2.21. The van der Waals surface area contributed by atoms with Crippen molar-refractivity contribution in [2.24, 2.45) is 0 Å². The maximum absolute atomic E-state index is 3.65. The molecule has 0 aromatic heterocycles. The lowest BCUT2D eigenvalue weighted by Gasteiger charge is -2.48. The van der Waals surface area contributed by atoms with Gasteiger partial charge in [0.05, 0.1) is 0 Å². The number of piperazine rings is 1. The molecule has 15 heavy (non-hydrogen) atoms. The quantitative estimate of drug-likeness (QED) is 0.770. The van der Waals surface area contributed by atoms with Gasteiger partial charge in [-0.1, -0.05) is 20.3 Å². The van der Waals surface area contributed by atoms with Gasteiger partial charge in [-0.2, -0.15) is 0 Å². The van der Waals surface area contributed by atoms with Crippen molar-refractivity contribution in [2.45, 2.75) is 71.5 Å². The van der Waals surface area contributed by atoms with E-state index in [0.29, 0.717) is 17.6 Å². The van der Waals surface area contributed by atoms with Crippen LogP contribution in [0.3, 0.4) is 0 Å². The number of rotatable bonds is 4. The van der Waals surface area contributed by atoms with Crippen molar-refractivity contribution in [1.29, 1.82) is 0 Å². The van der Waals surface area contributed by atoms with E-state index in [1.807, 2.05) is 0 Å². The molecular formula is C13H28N2. The molecule has 2 heteroatoms. The topological polar surface area (TPSA) is 15.3 Å². The average molecular weight is 212 g/mol. The van der Waals surface area contributed by atoms with Gasteiger partial charge >= 0.3 is 0 Å². The van der Waals surface area contributed by atoms with Crippen LogP contribution >= 0.6 is 0 Å². The van der Waals surface area contributed by atoms with E-state index in [4.69, 9.17) is 0 Å². The number of nitrogens with one attached hydrogen (secondary N) is 1. The largest absolute Gasteiger partial charge is 0.311 e. The first-order valence-corrected chi connectivity index (χ1v) is 6.51. The van der Waals surface area contributed by atoms with Crippen molar-refractivity contribution in [3.05, 3.63) is 0 Å². The van der Waals surface area contributed by atoms with Crippen molar-refractivity contribution in [3.8, 4) is 0 Å². The summed E-state index contributed by atoms with van der Waals surface area (Å²) in [5.74, 6) is 0. The van der Waals surface area contributed by atoms with Gasteiger partial charge in [-0.25, -0.2) is 0 Å². The lowest BCUT2D eigenvalue weighted by Crippen LogP contribution is -2.61. The highest BCUT2D eigenvalue weighted by Crippen LogP contribution is 2.24. The summed E-state index contributed by atoms with van der Waals surface area (Å²) < 4.78 is 0. The van der Waals surface area contributed by atoms with Crippen LogP contribution in [0.5, 0.6) is 0 Å². The fourth-order valence-electron chi connectivity index (χ4n) is 2.52. The summed E-state index contributed by atoms with van der Waals surface area (Å²) in [6, 6.07) is 1.38. The number of hydrogen-bond donors (Lipinski definition) is 1. The van der Waals surface area contributed by atoms with Gasteiger partial charge in [0.1, 0.15) is 0 Å². The highest BCUT2D eigenvalue weighted by atomic mass is 15.3. The second-order valence-corrected chi connectivity index (χ2v) is 5.56. The second kappa shape index (κ2) is 5.31. The molecule has 0 bridgehead atoms. The van der Waals surface area contributed by atoms with Crippen molar-refractivity contribution in [1.82, 2.24) is 10.2 Å². The molecule has 0 spiro atoms. The maximum Gasteiger partial charge on any atom is 0.0198 e. The first-order chi connectivity index (χ1) is 7.01. The van der Waals surface area contributed by atoms with E-state index in [9.17, 15) is 0 Å². The van der Waals surface area contributed by atoms with Crippen LogP contribution in [0.15, 0.2) is 0 Å². The molecule has 0 aromatic carbocycles. The number of hydrogen-bond acceptors (Lipinski definition) is 2. The van der Waals surface area contributed by atoms with Crippen molar-refractivity contribution in [3.63, 3.8) is 0 Å². The molecule has 1 aliphatic rings. The van der Waals surface area contributed by atoms with Crippen LogP contribution in [0.25, 0.3) is 0 Å². The van der Waals surface area contributed by atoms with E-state index in [0.717, 1.165) is 6.54 Å². The van der Waals surface area contributed by atoms with Crippen LogP contribution < -0.4 is 5.32 Å². The molecular weight excluding hydrogens is 184 g/mol. The molecule has 1 heterocycles. The molecule has 0 aromatic rings. The molecule has 0 amide bonds. The van der Waals surface area contributed by atoms with Crippen molar-refractivity contribution < 1.29 is 0 Å². The van der Waals surface area contributed by atoms with Gasteiger partial charge < -0.3 is 5.32 Å². The number of nitrogens with zero attached hydrogens (tertiary/aromatic N) is 1. The smallest absolute Gasteiger partial charge is 0.0198 e. The highest BCUT2D eigenvalue weighted by molar-refractivity contribution is 4.91. The third-order valence-corrected chi connectivity index (χ3v) is 3.93. The SMILES string of the molecule is CCCC1CN(C(C)(C)CC)C(C)CN1. The Morgan fingerprint density at radius 3 is 2.53 bits per heavy atom. The zero-order valence-electron chi connectivity index (χ0n) is 11.1. The van der Waals surface area contributed by atoms with E-state index < -0.39 is 0 Å². The van der Waals surface area contributed by atoms with E-state index >= 15 is 0 Å². The Balaban J connectivity index is 2.61. The Morgan fingerprint density at radius 1 is 1.33 bits per heavy atom. The molecule has 0 aliphatic carbocycles. The first-order valence-electron chi connectivity index (χ1n) is 6.51. The molecule has 2 atom stereocenters. The zero-order chi connectivity index (χ0) is 11.5. The lowest BCUT2D eigenvalue weighted by molar-refractivity contribution is 0.0343. The molecule has 1 fully saturated rings. The monoisotopic (exact) mass is 212 g/mol. The molecule has 2 unspecified atom stereocenters. The minimum absolute atomic E-state index is 0.355. The Hall–Kier alpha value is -0.0800. The lowest BCUT2D eigenvalue weighted by atomic mass is 9.93. The van der Waals surface area contributed by atoms with Crippen LogP contribution in [-0.2, 0) is 0 Å². The second-order valence-electron chi connectivity index (χ2n) is 5.56. The van der Waals surface area contributed by atoms with Crippen LogP contribution in [0.2, 0.25) is 0 Å². The fourth-order valence-corrected chi connectivity index (χ4v) is 2.52. The minimum Gasteiger partial charge on any atom is -0.311 e. The molecule has 1 N–H and O–H groups in total.